The highest BCUT2D eigenvalue weighted by Gasteiger charge is 2.41. The number of nitrogens with zero attached hydrogens (tertiary/aromatic N) is 2. The van der Waals surface area contributed by atoms with Crippen molar-refractivity contribution in [1.82, 2.24) is 9.55 Å². The zero-order valence-electron chi connectivity index (χ0n) is 12.0. The van der Waals surface area contributed by atoms with Gasteiger partial charge in [0.25, 0.3) is 0 Å². The summed E-state index contributed by atoms with van der Waals surface area (Å²) in [5.74, 6) is 3.67. The van der Waals surface area contributed by atoms with Crippen molar-refractivity contribution >= 4 is 22.6 Å². The van der Waals surface area contributed by atoms with Gasteiger partial charge in [-0.3, -0.25) is 0 Å². The molecule has 2 saturated carbocycles. The maximum absolute atomic E-state index is 6.01. The second-order valence-corrected chi connectivity index (χ2v) is 6.90. The number of hydrogen-bond donors (Lipinski definition) is 0. The standard InChI is InChI=1S/C17H21ClN2/c1-11-3-2-4-14-17(11)19-16(7-8-18)20(14)15-10-12-5-6-13(15)9-12/h2-4,12-13,15H,5-10H2,1H3. The van der Waals surface area contributed by atoms with Gasteiger partial charge in [-0.15, -0.1) is 11.6 Å². The molecule has 0 amide bonds. The van der Waals surface area contributed by atoms with Crippen LogP contribution < -0.4 is 0 Å². The summed E-state index contributed by atoms with van der Waals surface area (Å²) in [5.41, 5.74) is 3.78. The lowest BCUT2D eigenvalue weighted by molar-refractivity contribution is 0.329. The smallest absolute Gasteiger partial charge is 0.111 e. The van der Waals surface area contributed by atoms with Gasteiger partial charge in [0.1, 0.15) is 5.82 Å². The second-order valence-electron chi connectivity index (χ2n) is 6.52. The molecule has 0 N–H and O–H groups in total. The van der Waals surface area contributed by atoms with Crippen molar-refractivity contribution < 1.29 is 0 Å². The van der Waals surface area contributed by atoms with Crippen LogP contribution in [0.2, 0.25) is 0 Å². The van der Waals surface area contributed by atoms with E-state index in [0.29, 0.717) is 11.9 Å². The Morgan fingerprint density at radius 2 is 2.20 bits per heavy atom. The fourth-order valence-electron chi connectivity index (χ4n) is 4.46. The molecule has 2 bridgehead atoms. The normalized spacial score (nSPS) is 28.6. The minimum absolute atomic E-state index is 0.656. The maximum atomic E-state index is 6.01. The zero-order chi connectivity index (χ0) is 13.7. The van der Waals surface area contributed by atoms with E-state index in [1.54, 1.807) is 0 Å². The van der Waals surface area contributed by atoms with Crippen LogP contribution >= 0.6 is 11.6 Å². The summed E-state index contributed by atoms with van der Waals surface area (Å²) in [6, 6.07) is 7.22. The van der Waals surface area contributed by atoms with Crippen molar-refractivity contribution in [3.05, 3.63) is 29.6 Å². The summed E-state index contributed by atoms with van der Waals surface area (Å²) >= 11 is 6.01. The molecular weight excluding hydrogens is 268 g/mol. The maximum Gasteiger partial charge on any atom is 0.111 e. The van der Waals surface area contributed by atoms with Crippen LogP contribution in [0.25, 0.3) is 11.0 Å². The number of halogens is 1. The van der Waals surface area contributed by atoms with Crippen LogP contribution in [-0.4, -0.2) is 15.4 Å². The molecule has 1 aromatic heterocycles. The molecule has 20 heavy (non-hydrogen) atoms. The van der Waals surface area contributed by atoms with Gasteiger partial charge < -0.3 is 4.57 Å². The molecule has 0 aliphatic heterocycles. The molecule has 2 nitrogen and oxygen atoms in total. The van der Waals surface area contributed by atoms with Crippen LogP contribution in [0.15, 0.2) is 18.2 Å². The molecule has 3 heteroatoms. The van der Waals surface area contributed by atoms with Gasteiger partial charge in [-0.2, -0.15) is 0 Å². The second kappa shape index (κ2) is 4.77. The average molecular weight is 289 g/mol. The number of benzene rings is 1. The van der Waals surface area contributed by atoms with E-state index in [0.717, 1.165) is 18.3 Å². The number of hydrogen-bond acceptors (Lipinski definition) is 1. The molecule has 4 rings (SSSR count). The molecule has 0 spiro atoms. The lowest BCUT2D eigenvalue weighted by Gasteiger charge is -2.25. The molecule has 2 aromatic rings. The third kappa shape index (κ3) is 1.81. The lowest BCUT2D eigenvalue weighted by Crippen LogP contribution is -2.18. The van der Waals surface area contributed by atoms with Gasteiger partial charge in [0.2, 0.25) is 0 Å². The van der Waals surface area contributed by atoms with Crippen molar-refractivity contribution in [2.24, 2.45) is 11.8 Å². The first-order valence-electron chi connectivity index (χ1n) is 7.80. The fourth-order valence-corrected chi connectivity index (χ4v) is 4.63. The number of fused-ring (bicyclic) bond motifs is 3. The first-order chi connectivity index (χ1) is 9.78. The van der Waals surface area contributed by atoms with Crippen molar-refractivity contribution in [2.45, 2.75) is 45.1 Å². The predicted octanol–water partition coefficient (Wildman–Crippen LogP) is 4.49. The van der Waals surface area contributed by atoms with Crippen LogP contribution in [0.3, 0.4) is 0 Å². The highest BCUT2D eigenvalue weighted by Crippen LogP contribution is 2.51. The lowest BCUT2D eigenvalue weighted by atomic mass is 9.94. The van der Waals surface area contributed by atoms with Crippen molar-refractivity contribution in [2.75, 3.05) is 5.88 Å². The number of aromatic nitrogens is 2. The molecule has 3 unspecified atom stereocenters. The third-order valence-electron chi connectivity index (χ3n) is 5.35. The van der Waals surface area contributed by atoms with Gasteiger partial charge in [-0.25, -0.2) is 4.98 Å². The van der Waals surface area contributed by atoms with E-state index in [1.807, 2.05) is 0 Å². The van der Waals surface area contributed by atoms with E-state index in [2.05, 4.69) is 29.7 Å². The number of imidazole rings is 1. The van der Waals surface area contributed by atoms with E-state index in [9.17, 15) is 0 Å². The Labute approximate surface area is 125 Å². The van der Waals surface area contributed by atoms with E-state index < -0.39 is 0 Å². The Balaban J connectivity index is 1.87. The third-order valence-corrected chi connectivity index (χ3v) is 5.53. The van der Waals surface area contributed by atoms with E-state index in [-0.39, 0.29) is 0 Å². The average Bonchev–Trinajstić information content (AvgIpc) is 3.12. The first kappa shape index (κ1) is 12.7. The van der Waals surface area contributed by atoms with Gasteiger partial charge in [0.05, 0.1) is 11.0 Å². The number of rotatable bonds is 3. The molecular formula is C17H21ClN2. The highest BCUT2D eigenvalue weighted by molar-refractivity contribution is 6.17. The Morgan fingerprint density at radius 3 is 2.90 bits per heavy atom. The van der Waals surface area contributed by atoms with Gasteiger partial charge in [0, 0.05) is 18.3 Å². The summed E-state index contributed by atoms with van der Waals surface area (Å²) in [6.45, 7) is 2.16. The van der Waals surface area contributed by atoms with Crippen LogP contribution in [0.4, 0.5) is 0 Å². The predicted molar refractivity (Wildman–Crippen MR) is 83.4 cm³/mol. The summed E-state index contributed by atoms with van der Waals surface area (Å²) in [7, 11) is 0. The molecule has 2 aliphatic rings. The SMILES string of the molecule is Cc1cccc2c1nc(CCCl)n2C1CC2CCC1C2. The molecule has 3 atom stereocenters. The van der Waals surface area contributed by atoms with Crippen molar-refractivity contribution in [1.29, 1.82) is 0 Å². The van der Waals surface area contributed by atoms with E-state index >= 15 is 0 Å². The summed E-state index contributed by atoms with van der Waals surface area (Å²) in [4.78, 5) is 4.91. The Bertz CT molecular complexity index is 646. The molecule has 0 radical (unpaired) electrons. The van der Waals surface area contributed by atoms with Crippen molar-refractivity contribution in [3.63, 3.8) is 0 Å². The van der Waals surface area contributed by atoms with Crippen LogP contribution in [0.5, 0.6) is 0 Å². The van der Waals surface area contributed by atoms with E-state index in [4.69, 9.17) is 16.6 Å². The number of aryl methyl sites for hydroxylation is 2. The summed E-state index contributed by atoms with van der Waals surface area (Å²) < 4.78 is 2.54. The molecule has 1 aromatic carbocycles. The molecule has 0 saturated heterocycles. The molecule has 2 aliphatic carbocycles. The highest BCUT2D eigenvalue weighted by atomic mass is 35.5. The monoisotopic (exact) mass is 288 g/mol. The summed E-state index contributed by atoms with van der Waals surface area (Å²) in [5, 5.41) is 0. The Kier molecular flexibility index (Phi) is 3.03. The van der Waals surface area contributed by atoms with Gasteiger partial charge in [-0.05, 0) is 49.7 Å². The van der Waals surface area contributed by atoms with Crippen LogP contribution in [0, 0.1) is 18.8 Å². The Morgan fingerprint density at radius 1 is 1.30 bits per heavy atom. The quantitative estimate of drug-likeness (QED) is 0.761. The topological polar surface area (TPSA) is 17.8 Å². The molecule has 106 valence electrons. The fraction of sp³-hybridized carbons (Fsp3) is 0.588. The van der Waals surface area contributed by atoms with Crippen molar-refractivity contribution in [3.8, 4) is 0 Å². The Hall–Kier alpha value is -1.02. The zero-order valence-corrected chi connectivity index (χ0v) is 12.7. The molecule has 2 fully saturated rings. The largest absolute Gasteiger partial charge is 0.325 e. The first-order valence-corrected chi connectivity index (χ1v) is 8.33. The number of alkyl halides is 1. The molecule has 1 heterocycles. The van der Waals surface area contributed by atoms with E-state index in [1.165, 1.54) is 48.1 Å². The van der Waals surface area contributed by atoms with Gasteiger partial charge >= 0.3 is 0 Å². The van der Waals surface area contributed by atoms with Gasteiger partial charge in [-0.1, -0.05) is 18.6 Å². The number of para-hydroxylation sites is 1. The summed E-state index contributed by atoms with van der Waals surface area (Å²) in [6.07, 6.45) is 6.50. The van der Waals surface area contributed by atoms with Crippen LogP contribution in [-0.2, 0) is 6.42 Å². The minimum atomic E-state index is 0.656. The van der Waals surface area contributed by atoms with Gasteiger partial charge in [0.15, 0.2) is 0 Å². The minimum Gasteiger partial charge on any atom is -0.325 e. The van der Waals surface area contributed by atoms with Crippen LogP contribution in [0.1, 0.15) is 43.1 Å².